The van der Waals surface area contributed by atoms with Crippen LogP contribution in [0.5, 0.6) is 0 Å². The summed E-state index contributed by atoms with van der Waals surface area (Å²) in [5.74, 6) is -0.712. The molecule has 0 bridgehead atoms. The first-order valence-electron chi connectivity index (χ1n) is 5.45. The highest BCUT2D eigenvalue weighted by atomic mass is 16.4. The third kappa shape index (κ3) is 3.18. The van der Waals surface area contributed by atoms with Crippen LogP contribution >= 0.6 is 0 Å². The maximum atomic E-state index is 11.0. The third-order valence-corrected chi connectivity index (χ3v) is 3.18. The summed E-state index contributed by atoms with van der Waals surface area (Å²) < 4.78 is 0. The van der Waals surface area contributed by atoms with Crippen molar-refractivity contribution in [1.82, 2.24) is 9.80 Å². The van der Waals surface area contributed by atoms with Crippen LogP contribution in [0.15, 0.2) is 0 Å². The fraction of sp³-hybridized carbons (Fsp3) is 0.909. The van der Waals surface area contributed by atoms with Crippen LogP contribution in [0.1, 0.15) is 20.3 Å². The average Bonchev–Trinajstić information content (AvgIpc) is 2.51. The number of carbonyl (C=O) groups is 1. The van der Waals surface area contributed by atoms with E-state index in [1.807, 2.05) is 0 Å². The number of hydrogen-bond acceptors (Lipinski definition) is 3. The predicted molar refractivity (Wildman–Crippen MR) is 59.9 cm³/mol. The Bertz CT molecular complexity index is 239. The molecule has 1 atom stereocenters. The molecule has 15 heavy (non-hydrogen) atoms. The topological polar surface area (TPSA) is 43.8 Å². The summed E-state index contributed by atoms with van der Waals surface area (Å²) in [7, 11) is 4.16. The molecular formula is C11H22N2O2. The molecule has 0 saturated carbocycles. The van der Waals surface area contributed by atoms with Crippen LogP contribution in [0.3, 0.4) is 0 Å². The molecule has 1 unspecified atom stereocenters. The van der Waals surface area contributed by atoms with Gasteiger partial charge in [-0.25, -0.2) is 0 Å². The second-order valence-corrected chi connectivity index (χ2v) is 5.33. The van der Waals surface area contributed by atoms with Crippen LogP contribution in [-0.2, 0) is 4.79 Å². The Morgan fingerprint density at radius 2 is 2.13 bits per heavy atom. The molecule has 0 aromatic rings. The summed E-state index contributed by atoms with van der Waals surface area (Å²) in [6.45, 7) is 6.23. The van der Waals surface area contributed by atoms with E-state index < -0.39 is 11.4 Å². The molecule has 1 heterocycles. The van der Waals surface area contributed by atoms with Gasteiger partial charge in [-0.3, -0.25) is 4.79 Å². The number of carboxylic acid groups (broad SMARTS) is 1. The molecule has 0 aromatic carbocycles. The number of nitrogens with zero attached hydrogens (tertiary/aromatic N) is 2. The van der Waals surface area contributed by atoms with Gasteiger partial charge in [0.15, 0.2) is 0 Å². The van der Waals surface area contributed by atoms with E-state index in [-0.39, 0.29) is 0 Å². The molecule has 4 nitrogen and oxygen atoms in total. The first kappa shape index (κ1) is 12.5. The zero-order valence-electron chi connectivity index (χ0n) is 10.2. The minimum absolute atomic E-state index is 0.578. The van der Waals surface area contributed by atoms with Gasteiger partial charge in [-0.2, -0.15) is 0 Å². The summed E-state index contributed by atoms with van der Waals surface area (Å²) in [5, 5.41) is 9.04. The number of carboxylic acids is 1. The van der Waals surface area contributed by atoms with Crippen LogP contribution < -0.4 is 0 Å². The van der Waals surface area contributed by atoms with E-state index in [1.165, 1.54) is 0 Å². The third-order valence-electron chi connectivity index (χ3n) is 3.18. The average molecular weight is 214 g/mol. The van der Waals surface area contributed by atoms with E-state index >= 15 is 0 Å². The van der Waals surface area contributed by atoms with Gasteiger partial charge in [0.1, 0.15) is 0 Å². The molecule has 0 radical (unpaired) electrons. The lowest BCUT2D eigenvalue weighted by Crippen LogP contribution is -2.39. The van der Waals surface area contributed by atoms with Gasteiger partial charge in [0.2, 0.25) is 0 Å². The van der Waals surface area contributed by atoms with Gasteiger partial charge in [0.05, 0.1) is 5.41 Å². The molecule has 88 valence electrons. The van der Waals surface area contributed by atoms with Gasteiger partial charge in [-0.15, -0.1) is 0 Å². The molecule has 1 aliphatic rings. The molecule has 1 saturated heterocycles. The lowest BCUT2D eigenvalue weighted by Gasteiger charge is -2.27. The Hall–Kier alpha value is -0.610. The number of rotatable bonds is 4. The Morgan fingerprint density at radius 1 is 1.53 bits per heavy atom. The second-order valence-electron chi connectivity index (χ2n) is 5.33. The number of likely N-dealkylation sites (tertiary alicyclic amines) is 1. The summed E-state index contributed by atoms with van der Waals surface area (Å²) in [6, 6.07) is 0.578. The molecule has 1 fully saturated rings. The summed E-state index contributed by atoms with van der Waals surface area (Å²) in [4.78, 5) is 15.5. The summed E-state index contributed by atoms with van der Waals surface area (Å²) in [5.41, 5.74) is -0.638. The first-order chi connectivity index (χ1) is 6.83. The van der Waals surface area contributed by atoms with Crippen molar-refractivity contribution in [2.75, 3.05) is 33.7 Å². The Kier molecular flexibility index (Phi) is 3.73. The van der Waals surface area contributed by atoms with E-state index in [9.17, 15) is 4.79 Å². The molecule has 1 rings (SSSR count). The normalized spacial score (nSPS) is 23.7. The predicted octanol–water partition coefficient (Wildman–Crippen LogP) is 0.733. The second kappa shape index (κ2) is 4.49. The van der Waals surface area contributed by atoms with Crippen molar-refractivity contribution in [3.05, 3.63) is 0 Å². The van der Waals surface area contributed by atoms with Gasteiger partial charge in [-0.05, 0) is 40.9 Å². The van der Waals surface area contributed by atoms with Crippen molar-refractivity contribution in [2.24, 2.45) is 5.41 Å². The molecular weight excluding hydrogens is 192 g/mol. The van der Waals surface area contributed by atoms with Crippen molar-refractivity contribution >= 4 is 5.97 Å². The number of likely N-dealkylation sites (N-methyl/N-ethyl adjacent to an activating group) is 1. The smallest absolute Gasteiger partial charge is 0.310 e. The SMILES string of the molecule is CN(C)C1CCN(CC(C)(C)C(=O)O)C1. The van der Waals surface area contributed by atoms with E-state index in [0.29, 0.717) is 12.6 Å². The number of hydrogen-bond donors (Lipinski definition) is 1. The van der Waals surface area contributed by atoms with Crippen LogP contribution in [-0.4, -0.2) is 60.6 Å². The Morgan fingerprint density at radius 3 is 2.53 bits per heavy atom. The quantitative estimate of drug-likeness (QED) is 0.749. The minimum Gasteiger partial charge on any atom is -0.481 e. The Balaban J connectivity index is 2.46. The van der Waals surface area contributed by atoms with Crippen molar-refractivity contribution in [3.63, 3.8) is 0 Å². The van der Waals surface area contributed by atoms with Gasteiger partial charge in [0, 0.05) is 19.1 Å². The van der Waals surface area contributed by atoms with Crippen LogP contribution in [0.25, 0.3) is 0 Å². The molecule has 4 heteroatoms. The highest BCUT2D eigenvalue weighted by molar-refractivity contribution is 5.73. The van der Waals surface area contributed by atoms with E-state index in [1.54, 1.807) is 13.8 Å². The lowest BCUT2D eigenvalue weighted by molar-refractivity contribution is -0.147. The van der Waals surface area contributed by atoms with E-state index in [2.05, 4.69) is 23.9 Å². The maximum absolute atomic E-state index is 11.0. The van der Waals surface area contributed by atoms with Gasteiger partial charge in [-0.1, -0.05) is 0 Å². The molecule has 1 aliphatic heterocycles. The maximum Gasteiger partial charge on any atom is 0.310 e. The summed E-state index contributed by atoms with van der Waals surface area (Å²) in [6.07, 6.45) is 1.14. The fourth-order valence-electron chi connectivity index (χ4n) is 2.00. The largest absolute Gasteiger partial charge is 0.481 e. The minimum atomic E-state index is -0.712. The van der Waals surface area contributed by atoms with Crippen molar-refractivity contribution in [1.29, 1.82) is 0 Å². The van der Waals surface area contributed by atoms with E-state index in [4.69, 9.17) is 5.11 Å². The van der Waals surface area contributed by atoms with Crippen LogP contribution in [0.4, 0.5) is 0 Å². The fourth-order valence-corrected chi connectivity index (χ4v) is 2.00. The molecule has 0 aromatic heterocycles. The highest BCUT2D eigenvalue weighted by Gasteiger charge is 2.33. The van der Waals surface area contributed by atoms with Crippen molar-refractivity contribution < 1.29 is 9.90 Å². The molecule has 0 aliphatic carbocycles. The zero-order chi connectivity index (χ0) is 11.6. The van der Waals surface area contributed by atoms with E-state index in [0.717, 1.165) is 19.5 Å². The van der Waals surface area contributed by atoms with Crippen molar-refractivity contribution in [2.45, 2.75) is 26.3 Å². The molecule has 0 amide bonds. The van der Waals surface area contributed by atoms with Gasteiger partial charge in [0.25, 0.3) is 0 Å². The van der Waals surface area contributed by atoms with Crippen molar-refractivity contribution in [3.8, 4) is 0 Å². The molecule has 1 N–H and O–H groups in total. The molecule has 0 spiro atoms. The van der Waals surface area contributed by atoms with Crippen LogP contribution in [0.2, 0.25) is 0 Å². The lowest BCUT2D eigenvalue weighted by atomic mass is 9.93. The number of aliphatic carboxylic acids is 1. The summed E-state index contributed by atoms with van der Waals surface area (Å²) >= 11 is 0. The standard InChI is InChI=1S/C11H22N2O2/c1-11(2,10(14)15)8-13-6-5-9(7-13)12(3)4/h9H,5-8H2,1-4H3,(H,14,15). The zero-order valence-corrected chi connectivity index (χ0v) is 10.2. The van der Waals surface area contributed by atoms with Gasteiger partial charge >= 0.3 is 5.97 Å². The van der Waals surface area contributed by atoms with Gasteiger partial charge < -0.3 is 14.9 Å². The first-order valence-corrected chi connectivity index (χ1v) is 5.45. The highest BCUT2D eigenvalue weighted by Crippen LogP contribution is 2.21. The van der Waals surface area contributed by atoms with Crippen LogP contribution in [0, 0.1) is 5.41 Å². The monoisotopic (exact) mass is 214 g/mol. The Labute approximate surface area is 91.9 Å².